The summed E-state index contributed by atoms with van der Waals surface area (Å²) in [6, 6.07) is 5.53. The molecule has 0 fully saturated rings. The number of urea groups is 1. The maximum Gasteiger partial charge on any atom is 0.406 e. The van der Waals surface area contributed by atoms with Crippen LogP contribution in [0.4, 0.5) is 23.7 Å². The summed E-state index contributed by atoms with van der Waals surface area (Å²) in [5.41, 5.74) is 1.11. The Hall–Kier alpha value is -2.25. The third-order valence-corrected chi connectivity index (χ3v) is 2.62. The van der Waals surface area contributed by atoms with Crippen LogP contribution in [0.3, 0.4) is 0 Å². The van der Waals surface area contributed by atoms with Crippen molar-refractivity contribution in [3.05, 3.63) is 29.8 Å². The maximum atomic E-state index is 12.4. The number of alkyl halides is 3. The fourth-order valence-electron chi connectivity index (χ4n) is 1.72. The molecule has 0 saturated carbocycles. The molecule has 0 aromatic heterocycles. The number of anilines is 1. The number of para-hydroxylation sites is 1. The second-order valence-electron chi connectivity index (χ2n) is 4.31. The first-order valence-electron chi connectivity index (χ1n) is 6.15. The molecule has 0 aliphatic heterocycles. The molecule has 116 valence electrons. The van der Waals surface area contributed by atoms with Gasteiger partial charge in [0.15, 0.2) is 0 Å². The smallest absolute Gasteiger partial charge is 0.406 e. The molecule has 21 heavy (non-hydrogen) atoms. The fourth-order valence-corrected chi connectivity index (χ4v) is 1.72. The van der Waals surface area contributed by atoms with Gasteiger partial charge in [0, 0.05) is 5.69 Å². The minimum absolute atomic E-state index is 0.203. The van der Waals surface area contributed by atoms with E-state index in [0.717, 1.165) is 5.56 Å². The van der Waals surface area contributed by atoms with Crippen molar-refractivity contribution in [2.24, 2.45) is 0 Å². The van der Waals surface area contributed by atoms with Gasteiger partial charge in [0.1, 0.15) is 13.1 Å². The van der Waals surface area contributed by atoms with E-state index in [9.17, 15) is 22.8 Å². The average molecular weight is 304 g/mol. The van der Waals surface area contributed by atoms with Gasteiger partial charge in [-0.05, 0) is 18.1 Å². The highest BCUT2D eigenvalue weighted by atomic mass is 19.4. The molecule has 0 unspecified atom stereocenters. The van der Waals surface area contributed by atoms with Crippen LogP contribution in [0.15, 0.2) is 24.3 Å². The number of aryl methyl sites for hydroxylation is 1. The number of amides is 2. The number of aliphatic carboxylic acids is 1. The lowest BCUT2D eigenvalue weighted by Gasteiger charge is -2.23. The third kappa shape index (κ3) is 5.72. The van der Waals surface area contributed by atoms with Crippen LogP contribution in [0.2, 0.25) is 0 Å². The first-order valence-corrected chi connectivity index (χ1v) is 6.15. The van der Waals surface area contributed by atoms with Gasteiger partial charge in [-0.25, -0.2) is 4.79 Å². The van der Waals surface area contributed by atoms with Gasteiger partial charge >= 0.3 is 18.2 Å². The van der Waals surface area contributed by atoms with Crippen molar-refractivity contribution in [3.8, 4) is 0 Å². The first kappa shape index (κ1) is 16.8. The molecule has 1 rings (SSSR count). The molecule has 0 atom stereocenters. The molecule has 0 saturated heterocycles. The second kappa shape index (κ2) is 6.96. The topological polar surface area (TPSA) is 69.6 Å². The average Bonchev–Trinajstić information content (AvgIpc) is 2.36. The Kier molecular flexibility index (Phi) is 5.57. The highest BCUT2D eigenvalue weighted by molar-refractivity contribution is 5.92. The molecule has 1 aromatic carbocycles. The second-order valence-corrected chi connectivity index (χ2v) is 4.31. The fraction of sp³-hybridized carbons (Fsp3) is 0.385. The Labute approximate surface area is 119 Å². The molecule has 8 heteroatoms. The number of carbonyl (C=O) groups is 2. The quantitative estimate of drug-likeness (QED) is 0.878. The van der Waals surface area contributed by atoms with Crippen molar-refractivity contribution in [2.45, 2.75) is 19.5 Å². The summed E-state index contributed by atoms with van der Waals surface area (Å²) in [7, 11) is 0. The number of carboxylic acids is 1. The zero-order valence-corrected chi connectivity index (χ0v) is 11.3. The highest BCUT2D eigenvalue weighted by Crippen LogP contribution is 2.19. The normalized spacial score (nSPS) is 11.0. The molecule has 0 bridgehead atoms. The Morgan fingerprint density at radius 2 is 1.90 bits per heavy atom. The van der Waals surface area contributed by atoms with Crippen molar-refractivity contribution in [3.63, 3.8) is 0 Å². The molecular formula is C13H15F3N2O3. The Morgan fingerprint density at radius 1 is 1.29 bits per heavy atom. The lowest BCUT2D eigenvalue weighted by molar-refractivity contribution is -0.148. The number of nitrogens with one attached hydrogen (secondary N) is 1. The molecule has 5 nitrogen and oxygen atoms in total. The predicted molar refractivity (Wildman–Crippen MR) is 70.1 cm³/mol. The van der Waals surface area contributed by atoms with E-state index in [4.69, 9.17) is 5.11 Å². The third-order valence-electron chi connectivity index (χ3n) is 2.62. The molecule has 0 heterocycles. The molecule has 0 radical (unpaired) electrons. The van der Waals surface area contributed by atoms with Crippen molar-refractivity contribution < 1.29 is 27.9 Å². The van der Waals surface area contributed by atoms with Crippen LogP contribution in [0.5, 0.6) is 0 Å². The summed E-state index contributed by atoms with van der Waals surface area (Å²) >= 11 is 0. The summed E-state index contributed by atoms with van der Waals surface area (Å²) in [6.07, 6.45) is -4.09. The van der Waals surface area contributed by atoms with Crippen LogP contribution in [0.1, 0.15) is 12.5 Å². The number of hydrogen-bond donors (Lipinski definition) is 2. The van der Waals surface area contributed by atoms with E-state index in [-0.39, 0.29) is 4.90 Å². The van der Waals surface area contributed by atoms with Crippen LogP contribution in [0, 0.1) is 0 Å². The number of rotatable bonds is 5. The number of nitrogens with zero attached hydrogens (tertiary/aromatic N) is 1. The van der Waals surface area contributed by atoms with E-state index in [1.165, 1.54) is 0 Å². The standard InChI is InChI=1S/C13H15F3N2O3/c1-2-9-5-3-4-6-10(9)17-12(21)18(7-11(19)20)8-13(14,15)16/h3-6H,2,7-8H2,1H3,(H,17,21)(H,19,20). The molecular weight excluding hydrogens is 289 g/mol. The van der Waals surface area contributed by atoms with Crippen LogP contribution in [-0.2, 0) is 11.2 Å². The van der Waals surface area contributed by atoms with Crippen LogP contribution in [-0.4, -0.2) is 41.3 Å². The van der Waals surface area contributed by atoms with Gasteiger partial charge < -0.3 is 15.3 Å². The molecule has 2 amide bonds. The Bertz CT molecular complexity index is 518. The van der Waals surface area contributed by atoms with E-state index >= 15 is 0 Å². The minimum Gasteiger partial charge on any atom is -0.480 e. The van der Waals surface area contributed by atoms with E-state index in [1.807, 2.05) is 6.92 Å². The van der Waals surface area contributed by atoms with Gasteiger partial charge in [-0.3, -0.25) is 4.79 Å². The van der Waals surface area contributed by atoms with Crippen LogP contribution >= 0.6 is 0 Å². The van der Waals surface area contributed by atoms with Gasteiger partial charge in [-0.1, -0.05) is 25.1 Å². The highest BCUT2D eigenvalue weighted by Gasteiger charge is 2.34. The Morgan fingerprint density at radius 3 is 2.43 bits per heavy atom. The molecule has 0 aliphatic rings. The monoisotopic (exact) mass is 304 g/mol. The van der Waals surface area contributed by atoms with Crippen LogP contribution in [0.25, 0.3) is 0 Å². The van der Waals surface area contributed by atoms with E-state index in [1.54, 1.807) is 24.3 Å². The van der Waals surface area contributed by atoms with Gasteiger partial charge in [0.25, 0.3) is 0 Å². The number of carbonyl (C=O) groups excluding carboxylic acids is 1. The molecule has 1 aromatic rings. The van der Waals surface area contributed by atoms with E-state index < -0.39 is 31.3 Å². The first-order chi connectivity index (χ1) is 9.73. The zero-order chi connectivity index (χ0) is 16.0. The van der Waals surface area contributed by atoms with E-state index in [0.29, 0.717) is 12.1 Å². The minimum atomic E-state index is -4.67. The van der Waals surface area contributed by atoms with Crippen molar-refractivity contribution in [1.29, 1.82) is 0 Å². The van der Waals surface area contributed by atoms with Crippen molar-refractivity contribution in [1.82, 2.24) is 4.90 Å². The lowest BCUT2D eigenvalue weighted by atomic mass is 10.1. The number of hydrogen-bond acceptors (Lipinski definition) is 2. The number of carboxylic acid groups (broad SMARTS) is 1. The summed E-state index contributed by atoms with van der Waals surface area (Å²) in [5.74, 6) is -1.52. The van der Waals surface area contributed by atoms with Gasteiger partial charge in [-0.2, -0.15) is 13.2 Å². The number of benzene rings is 1. The van der Waals surface area contributed by atoms with Gasteiger partial charge in [0.2, 0.25) is 0 Å². The molecule has 0 spiro atoms. The van der Waals surface area contributed by atoms with Gasteiger partial charge in [-0.15, -0.1) is 0 Å². The van der Waals surface area contributed by atoms with Crippen molar-refractivity contribution >= 4 is 17.7 Å². The van der Waals surface area contributed by atoms with Crippen molar-refractivity contribution in [2.75, 3.05) is 18.4 Å². The van der Waals surface area contributed by atoms with Crippen LogP contribution < -0.4 is 5.32 Å². The zero-order valence-electron chi connectivity index (χ0n) is 11.3. The molecule has 2 N–H and O–H groups in total. The largest absolute Gasteiger partial charge is 0.480 e. The SMILES string of the molecule is CCc1ccccc1NC(=O)N(CC(=O)O)CC(F)(F)F. The number of halogens is 3. The lowest BCUT2D eigenvalue weighted by Crippen LogP contribution is -2.44. The summed E-state index contributed by atoms with van der Waals surface area (Å²) in [4.78, 5) is 22.6. The predicted octanol–water partition coefficient (Wildman–Crippen LogP) is 2.73. The molecule has 0 aliphatic carbocycles. The van der Waals surface area contributed by atoms with Gasteiger partial charge in [0.05, 0.1) is 0 Å². The Balaban J connectivity index is 2.87. The summed E-state index contributed by atoms with van der Waals surface area (Å²) in [5, 5.41) is 10.9. The summed E-state index contributed by atoms with van der Waals surface area (Å²) in [6.45, 7) is -0.825. The van der Waals surface area contributed by atoms with E-state index in [2.05, 4.69) is 5.32 Å². The maximum absolute atomic E-state index is 12.4. The summed E-state index contributed by atoms with van der Waals surface area (Å²) < 4.78 is 37.2.